The van der Waals surface area contributed by atoms with Gasteiger partial charge in [-0.1, -0.05) is 27.7 Å². The molecule has 0 N–H and O–H groups in total. The molecule has 0 aromatic heterocycles. The first kappa shape index (κ1) is 26.2. The number of hydrogen-bond acceptors (Lipinski definition) is 4. The molecule has 3 saturated carbocycles. The number of nitriles is 1. The molecule has 1 aliphatic heterocycles. The summed E-state index contributed by atoms with van der Waals surface area (Å²) in [6, 6.07) is 2.35. The van der Waals surface area contributed by atoms with Gasteiger partial charge >= 0.3 is 0 Å². The van der Waals surface area contributed by atoms with E-state index in [9.17, 15) is 4.79 Å². The lowest BCUT2D eigenvalue weighted by atomic mass is 9.47. The van der Waals surface area contributed by atoms with Crippen LogP contribution in [0.2, 0.25) is 0 Å². The van der Waals surface area contributed by atoms with E-state index in [4.69, 9.17) is 14.7 Å². The van der Waals surface area contributed by atoms with Gasteiger partial charge < -0.3 is 9.47 Å². The van der Waals surface area contributed by atoms with Crippen molar-refractivity contribution in [2.75, 3.05) is 6.61 Å². The van der Waals surface area contributed by atoms with Gasteiger partial charge in [0.2, 0.25) is 0 Å². The zero-order chi connectivity index (χ0) is 24.3. The highest BCUT2D eigenvalue weighted by Crippen LogP contribution is 2.65. The van der Waals surface area contributed by atoms with Crippen LogP contribution >= 0.6 is 0 Å². The molecule has 1 heterocycles. The lowest BCUT2D eigenvalue weighted by Crippen LogP contribution is -2.53. The van der Waals surface area contributed by atoms with Crippen LogP contribution in [0.1, 0.15) is 118 Å². The Morgan fingerprint density at radius 3 is 2.65 bits per heavy atom. The van der Waals surface area contributed by atoms with E-state index in [-0.39, 0.29) is 29.1 Å². The predicted octanol–water partition coefficient (Wildman–Crippen LogP) is 7.46. The van der Waals surface area contributed by atoms with Gasteiger partial charge in [-0.25, -0.2) is 0 Å². The molecule has 0 spiro atoms. The summed E-state index contributed by atoms with van der Waals surface area (Å²) >= 11 is 0. The second kappa shape index (κ2) is 11.0. The Morgan fingerprint density at radius 1 is 1.12 bits per heavy atom. The first-order valence-corrected chi connectivity index (χ1v) is 14.5. The molecule has 4 heteroatoms. The standard InChI is InChI=1S/C30H49NO3/c1-5-22(34-27-10-6-7-20-33-27)13-16-29(3)17-15-26(32)28-24(29)14-18-30(4)23(11-12-25(28)30)21(2)9-8-19-31/h21-25,27-28H,5-18,20H2,1-4H3/t21-,22+,23-,24?,25?,27?,28?,29+,30-/m1/s1. The van der Waals surface area contributed by atoms with E-state index in [0.717, 1.165) is 58.0 Å². The minimum Gasteiger partial charge on any atom is -0.353 e. The van der Waals surface area contributed by atoms with Crippen molar-refractivity contribution in [1.82, 2.24) is 0 Å². The van der Waals surface area contributed by atoms with E-state index in [1.165, 1.54) is 32.1 Å². The number of fused-ring (bicyclic) bond motifs is 3. The van der Waals surface area contributed by atoms with Crippen molar-refractivity contribution in [3.63, 3.8) is 0 Å². The smallest absolute Gasteiger partial charge is 0.157 e. The minimum absolute atomic E-state index is 0.0129. The van der Waals surface area contributed by atoms with Gasteiger partial charge in [-0.2, -0.15) is 5.26 Å². The van der Waals surface area contributed by atoms with Crippen LogP contribution < -0.4 is 0 Å². The van der Waals surface area contributed by atoms with Gasteiger partial charge in [0.05, 0.1) is 12.2 Å². The SMILES string of the molecule is CC[C@@H](CC[C@@]1(C)CCC(=O)C2C1CC[C@@]1(C)C2CC[C@@H]1[C@H](C)CCC#N)OC1CCCCO1. The molecule has 34 heavy (non-hydrogen) atoms. The molecular weight excluding hydrogens is 422 g/mol. The number of ether oxygens (including phenoxy) is 2. The van der Waals surface area contributed by atoms with E-state index in [0.29, 0.717) is 35.9 Å². The third kappa shape index (κ3) is 5.12. The second-order valence-corrected chi connectivity index (χ2v) is 12.8. The van der Waals surface area contributed by atoms with Gasteiger partial charge in [-0.05, 0) is 112 Å². The van der Waals surface area contributed by atoms with Gasteiger partial charge in [0.1, 0.15) is 5.78 Å². The summed E-state index contributed by atoms with van der Waals surface area (Å²) in [5, 5.41) is 9.09. The maximum atomic E-state index is 13.4. The summed E-state index contributed by atoms with van der Waals surface area (Å²) in [5.41, 5.74) is 0.520. The summed E-state index contributed by atoms with van der Waals surface area (Å²) in [6.07, 6.45) is 15.3. The number of hydrogen-bond donors (Lipinski definition) is 0. The highest BCUT2D eigenvalue weighted by Gasteiger charge is 2.60. The number of nitrogens with zero attached hydrogens (tertiary/aromatic N) is 1. The highest BCUT2D eigenvalue weighted by atomic mass is 16.7. The zero-order valence-corrected chi connectivity index (χ0v) is 22.3. The first-order chi connectivity index (χ1) is 16.3. The Balaban J connectivity index is 1.43. The van der Waals surface area contributed by atoms with Crippen molar-refractivity contribution in [2.24, 2.45) is 40.4 Å². The largest absolute Gasteiger partial charge is 0.353 e. The first-order valence-electron chi connectivity index (χ1n) is 14.5. The summed E-state index contributed by atoms with van der Waals surface area (Å²) in [4.78, 5) is 13.4. The van der Waals surface area contributed by atoms with E-state index in [1.54, 1.807) is 0 Å². The van der Waals surface area contributed by atoms with Crippen LogP contribution in [-0.2, 0) is 14.3 Å². The number of carbonyl (C=O) groups is 1. The molecule has 1 saturated heterocycles. The second-order valence-electron chi connectivity index (χ2n) is 12.8. The van der Waals surface area contributed by atoms with Crippen molar-refractivity contribution in [3.8, 4) is 6.07 Å². The van der Waals surface area contributed by atoms with Crippen LogP contribution in [0, 0.1) is 51.8 Å². The van der Waals surface area contributed by atoms with Gasteiger partial charge in [-0.3, -0.25) is 4.79 Å². The van der Waals surface area contributed by atoms with Gasteiger partial charge in [0.15, 0.2) is 6.29 Å². The summed E-state index contributed by atoms with van der Waals surface area (Å²) < 4.78 is 12.2. The van der Waals surface area contributed by atoms with Crippen molar-refractivity contribution < 1.29 is 14.3 Å². The average molecular weight is 472 g/mol. The van der Waals surface area contributed by atoms with E-state index >= 15 is 0 Å². The molecular formula is C30H49NO3. The van der Waals surface area contributed by atoms with Gasteiger partial charge in [-0.15, -0.1) is 0 Å². The van der Waals surface area contributed by atoms with Crippen LogP contribution in [-0.4, -0.2) is 24.8 Å². The van der Waals surface area contributed by atoms with E-state index < -0.39 is 0 Å². The molecule has 0 amide bonds. The van der Waals surface area contributed by atoms with Crippen molar-refractivity contribution in [1.29, 1.82) is 5.26 Å². The summed E-state index contributed by atoms with van der Waals surface area (Å²) in [5.74, 6) is 3.14. The average Bonchev–Trinajstić information content (AvgIpc) is 3.20. The highest BCUT2D eigenvalue weighted by molar-refractivity contribution is 5.83. The molecule has 3 aliphatic carbocycles. The lowest BCUT2D eigenvalue weighted by molar-refractivity contribution is -0.192. The molecule has 4 unspecified atom stereocenters. The third-order valence-electron chi connectivity index (χ3n) is 10.9. The number of ketones is 1. The Hall–Kier alpha value is -0.920. The molecule has 0 aromatic rings. The molecule has 4 rings (SSSR count). The fourth-order valence-corrected chi connectivity index (χ4v) is 8.80. The number of rotatable bonds is 9. The third-order valence-corrected chi connectivity index (χ3v) is 10.9. The fourth-order valence-electron chi connectivity index (χ4n) is 8.80. The molecule has 192 valence electrons. The molecule has 0 aromatic carbocycles. The summed E-state index contributed by atoms with van der Waals surface area (Å²) in [6.45, 7) is 10.4. The van der Waals surface area contributed by atoms with Crippen LogP contribution in [0.5, 0.6) is 0 Å². The van der Waals surface area contributed by atoms with Crippen molar-refractivity contribution >= 4 is 5.78 Å². The topological polar surface area (TPSA) is 59.3 Å². The Kier molecular flexibility index (Phi) is 8.46. The monoisotopic (exact) mass is 471 g/mol. The van der Waals surface area contributed by atoms with E-state index in [2.05, 4.69) is 33.8 Å². The van der Waals surface area contributed by atoms with E-state index in [1.807, 2.05) is 0 Å². The Morgan fingerprint density at radius 2 is 1.94 bits per heavy atom. The van der Waals surface area contributed by atoms with Gasteiger partial charge in [0, 0.05) is 25.4 Å². The quantitative estimate of drug-likeness (QED) is 0.350. The molecule has 4 fully saturated rings. The van der Waals surface area contributed by atoms with Crippen LogP contribution in [0.25, 0.3) is 0 Å². The molecule has 4 nitrogen and oxygen atoms in total. The van der Waals surface area contributed by atoms with Crippen LogP contribution in [0.15, 0.2) is 0 Å². The van der Waals surface area contributed by atoms with Gasteiger partial charge in [0.25, 0.3) is 0 Å². The number of Topliss-reactive ketones (excluding diaryl/α,β-unsaturated/α-hetero) is 1. The van der Waals surface area contributed by atoms with Crippen LogP contribution in [0.3, 0.4) is 0 Å². The molecule has 9 atom stereocenters. The van der Waals surface area contributed by atoms with Crippen molar-refractivity contribution in [3.05, 3.63) is 0 Å². The number of carbonyl (C=O) groups excluding carboxylic acids is 1. The Bertz CT molecular complexity index is 740. The predicted molar refractivity (Wildman–Crippen MR) is 135 cm³/mol. The van der Waals surface area contributed by atoms with Crippen LogP contribution in [0.4, 0.5) is 0 Å². The maximum Gasteiger partial charge on any atom is 0.157 e. The minimum atomic E-state index is -0.0129. The molecule has 0 bridgehead atoms. The fraction of sp³-hybridized carbons (Fsp3) is 0.933. The Labute approximate surface area is 208 Å². The molecule has 4 aliphatic rings. The van der Waals surface area contributed by atoms with Crippen molar-refractivity contribution in [2.45, 2.75) is 130 Å². The zero-order valence-electron chi connectivity index (χ0n) is 22.3. The lowest BCUT2D eigenvalue weighted by Gasteiger charge is -2.56. The molecule has 0 radical (unpaired) electrons. The normalized spacial score (nSPS) is 41.9. The maximum absolute atomic E-state index is 13.4. The summed E-state index contributed by atoms with van der Waals surface area (Å²) in [7, 11) is 0.